The predicted molar refractivity (Wildman–Crippen MR) is 107 cm³/mol. The third-order valence-electron chi connectivity index (χ3n) is 3.61. The molecule has 0 saturated carbocycles. The number of hydrogen-bond donors (Lipinski definition) is 2. The molecule has 1 aromatic heterocycles. The Morgan fingerprint density at radius 2 is 2.09 bits per heavy atom. The van der Waals surface area contributed by atoms with Crippen LogP contribution in [0.5, 0.6) is 0 Å². The first-order chi connectivity index (χ1) is 10.6. The van der Waals surface area contributed by atoms with Crippen molar-refractivity contribution in [3.05, 3.63) is 57.5 Å². The van der Waals surface area contributed by atoms with E-state index in [1.165, 1.54) is 5.56 Å². The van der Waals surface area contributed by atoms with Crippen molar-refractivity contribution in [2.75, 3.05) is 13.6 Å². The van der Waals surface area contributed by atoms with Gasteiger partial charge in [0.1, 0.15) is 5.82 Å². The number of benzene rings is 1. The highest BCUT2D eigenvalue weighted by atomic mass is 127. The van der Waals surface area contributed by atoms with Gasteiger partial charge in [0.25, 0.3) is 0 Å². The minimum Gasteiger partial charge on any atom is -0.356 e. The van der Waals surface area contributed by atoms with E-state index < -0.39 is 0 Å². The molecule has 0 amide bonds. The zero-order chi connectivity index (χ0) is 15.9. The van der Waals surface area contributed by atoms with Crippen molar-refractivity contribution in [2.45, 2.75) is 26.3 Å². The van der Waals surface area contributed by atoms with Gasteiger partial charge >= 0.3 is 0 Å². The highest BCUT2D eigenvalue weighted by Crippen LogP contribution is 2.17. The Hall–Kier alpha value is -1.15. The monoisotopic (exact) mass is 447 g/mol. The van der Waals surface area contributed by atoms with Gasteiger partial charge in [-0.2, -0.15) is 11.3 Å². The molecule has 0 aliphatic rings. The number of halogens is 2. The Bertz CT molecular complexity index is 629. The van der Waals surface area contributed by atoms with Gasteiger partial charge in [0, 0.05) is 20.1 Å². The van der Waals surface area contributed by atoms with Gasteiger partial charge in [-0.3, -0.25) is 4.99 Å². The van der Waals surface area contributed by atoms with Crippen molar-refractivity contribution >= 4 is 41.3 Å². The van der Waals surface area contributed by atoms with Crippen LogP contribution in [0.1, 0.15) is 29.5 Å². The van der Waals surface area contributed by atoms with Crippen LogP contribution in [0.3, 0.4) is 0 Å². The molecule has 1 unspecified atom stereocenters. The van der Waals surface area contributed by atoms with E-state index in [2.05, 4.69) is 39.4 Å². The van der Waals surface area contributed by atoms with E-state index in [0.29, 0.717) is 18.0 Å². The summed E-state index contributed by atoms with van der Waals surface area (Å²) >= 11 is 1.71. The molecule has 2 N–H and O–H groups in total. The van der Waals surface area contributed by atoms with Crippen LogP contribution in [0, 0.1) is 12.7 Å². The van der Waals surface area contributed by atoms with Gasteiger partial charge in [-0.15, -0.1) is 24.0 Å². The number of thiophene rings is 1. The average molecular weight is 447 g/mol. The fourth-order valence-electron chi connectivity index (χ4n) is 2.08. The summed E-state index contributed by atoms with van der Waals surface area (Å²) in [6.45, 7) is 5.29. The molecule has 0 bridgehead atoms. The van der Waals surface area contributed by atoms with Gasteiger partial charge in [-0.25, -0.2) is 4.39 Å². The second-order valence-corrected chi connectivity index (χ2v) is 6.13. The fraction of sp³-hybridized carbons (Fsp3) is 0.353. The van der Waals surface area contributed by atoms with Crippen molar-refractivity contribution in [1.82, 2.24) is 10.6 Å². The Morgan fingerprint density at radius 3 is 2.70 bits per heavy atom. The lowest BCUT2D eigenvalue weighted by Gasteiger charge is -2.15. The number of nitrogens with one attached hydrogen (secondary N) is 2. The molecule has 0 saturated heterocycles. The number of aryl methyl sites for hydroxylation is 1. The molecule has 1 heterocycles. The van der Waals surface area contributed by atoms with Crippen LogP contribution in [0.2, 0.25) is 0 Å². The molecule has 0 aliphatic heterocycles. The smallest absolute Gasteiger partial charge is 0.191 e. The highest BCUT2D eigenvalue weighted by molar-refractivity contribution is 14.0. The zero-order valence-corrected chi connectivity index (χ0v) is 16.7. The maximum Gasteiger partial charge on any atom is 0.191 e. The van der Waals surface area contributed by atoms with Crippen LogP contribution in [-0.4, -0.2) is 19.6 Å². The van der Waals surface area contributed by atoms with E-state index in [4.69, 9.17) is 0 Å². The molecule has 0 aliphatic carbocycles. The maximum atomic E-state index is 13.5. The lowest BCUT2D eigenvalue weighted by atomic mass is 10.1. The third-order valence-corrected chi connectivity index (χ3v) is 4.31. The molecule has 3 nitrogen and oxygen atoms in total. The zero-order valence-electron chi connectivity index (χ0n) is 13.6. The fourth-order valence-corrected chi connectivity index (χ4v) is 2.86. The van der Waals surface area contributed by atoms with Gasteiger partial charge in [0.2, 0.25) is 0 Å². The summed E-state index contributed by atoms with van der Waals surface area (Å²) in [5.41, 5.74) is 2.89. The molecular formula is C17H23FIN3S. The molecule has 2 aromatic rings. The van der Waals surface area contributed by atoms with Gasteiger partial charge in [0.15, 0.2) is 5.96 Å². The average Bonchev–Trinajstić information content (AvgIpc) is 3.05. The highest BCUT2D eigenvalue weighted by Gasteiger charge is 2.07. The summed E-state index contributed by atoms with van der Waals surface area (Å²) in [7, 11) is 1.74. The number of hydrogen-bond acceptors (Lipinski definition) is 2. The largest absolute Gasteiger partial charge is 0.356 e. The number of guanidine groups is 1. The van der Waals surface area contributed by atoms with Gasteiger partial charge in [-0.05, 0) is 52.4 Å². The van der Waals surface area contributed by atoms with E-state index in [0.717, 1.165) is 18.1 Å². The predicted octanol–water partition coefficient (Wildman–Crippen LogP) is 4.28. The standard InChI is InChI=1S/C17H22FN3S.HI/c1-12-4-5-14(8-16(12)18)10-21-17(19-3)20-9-13(2)15-6-7-22-11-15;/h4-8,11,13H,9-10H2,1-3H3,(H2,19,20,21);1H. The van der Waals surface area contributed by atoms with E-state index in [1.54, 1.807) is 37.4 Å². The molecule has 1 aromatic carbocycles. The second kappa shape index (κ2) is 9.87. The first-order valence-electron chi connectivity index (χ1n) is 7.31. The van der Waals surface area contributed by atoms with Gasteiger partial charge in [0.05, 0.1) is 0 Å². The normalized spacial score (nSPS) is 12.4. The Morgan fingerprint density at radius 1 is 1.30 bits per heavy atom. The van der Waals surface area contributed by atoms with Crippen molar-refractivity contribution in [2.24, 2.45) is 4.99 Å². The van der Waals surface area contributed by atoms with Crippen molar-refractivity contribution in [3.8, 4) is 0 Å². The lowest BCUT2D eigenvalue weighted by Crippen LogP contribution is -2.38. The SMILES string of the molecule is CN=C(NCc1ccc(C)c(F)c1)NCC(C)c1ccsc1.I. The number of aliphatic imine (C=N–C) groups is 1. The van der Waals surface area contributed by atoms with E-state index in [9.17, 15) is 4.39 Å². The number of rotatable bonds is 5. The minimum absolute atomic E-state index is 0. The quantitative estimate of drug-likeness (QED) is 0.408. The van der Waals surface area contributed by atoms with Crippen LogP contribution in [-0.2, 0) is 6.54 Å². The van der Waals surface area contributed by atoms with E-state index in [-0.39, 0.29) is 29.8 Å². The molecule has 6 heteroatoms. The third kappa shape index (κ3) is 6.10. The lowest BCUT2D eigenvalue weighted by molar-refractivity contribution is 0.615. The van der Waals surface area contributed by atoms with Crippen LogP contribution < -0.4 is 10.6 Å². The van der Waals surface area contributed by atoms with Crippen LogP contribution in [0.25, 0.3) is 0 Å². The summed E-state index contributed by atoms with van der Waals surface area (Å²) in [6, 6.07) is 7.42. The maximum absolute atomic E-state index is 13.5. The molecule has 0 fully saturated rings. The molecule has 0 radical (unpaired) electrons. The van der Waals surface area contributed by atoms with Crippen LogP contribution in [0.4, 0.5) is 4.39 Å². The van der Waals surface area contributed by atoms with E-state index in [1.807, 2.05) is 6.07 Å². The van der Waals surface area contributed by atoms with Crippen molar-refractivity contribution in [3.63, 3.8) is 0 Å². The topological polar surface area (TPSA) is 36.4 Å². The summed E-state index contributed by atoms with van der Waals surface area (Å²) in [6.07, 6.45) is 0. The first kappa shape index (κ1) is 19.9. The molecule has 2 rings (SSSR count). The summed E-state index contributed by atoms with van der Waals surface area (Å²) < 4.78 is 13.5. The summed E-state index contributed by atoms with van der Waals surface area (Å²) in [5, 5.41) is 10.8. The van der Waals surface area contributed by atoms with Crippen molar-refractivity contribution < 1.29 is 4.39 Å². The molecule has 126 valence electrons. The molecular weight excluding hydrogens is 424 g/mol. The number of nitrogens with zero attached hydrogens (tertiary/aromatic N) is 1. The molecule has 23 heavy (non-hydrogen) atoms. The Kier molecular flexibility index (Phi) is 8.54. The minimum atomic E-state index is -0.173. The second-order valence-electron chi connectivity index (χ2n) is 5.35. The van der Waals surface area contributed by atoms with Gasteiger partial charge in [-0.1, -0.05) is 19.1 Å². The van der Waals surface area contributed by atoms with Crippen LogP contribution in [0.15, 0.2) is 40.0 Å². The van der Waals surface area contributed by atoms with Gasteiger partial charge < -0.3 is 10.6 Å². The first-order valence-corrected chi connectivity index (χ1v) is 8.26. The molecule has 0 spiro atoms. The summed E-state index contributed by atoms with van der Waals surface area (Å²) in [4.78, 5) is 4.20. The van der Waals surface area contributed by atoms with E-state index >= 15 is 0 Å². The van der Waals surface area contributed by atoms with Crippen molar-refractivity contribution in [1.29, 1.82) is 0 Å². The van der Waals surface area contributed by atoms with Crippen LogP contribution >= 0.6 is 35.3 Å². The summed E-state index contributed by atoms with van der Waals surface area (Å²) in [5.74, 6) is 0.970. The molecule has 1 atom stereocenters. The Balaban J connectivity index is 0.00000264. The Labute approximate surface area is 158 Å².